The summed E-state index contributed by atoms with van der Waals surface area (Å²) < 4.78 is 13.3. The first kappa shape index (κ1) is 12.1. The summed E-state index contributed by atoms with van der Waals surface area (Å²) in [4.78, 5) is 0. The van der Waals surface area contributed by atoms with Crippen molar-refractivity contribution in [2.45, 2.75) is 6.92 Å². The minimum absolute atomic E-state index is 0.362. The van der Waals surface area contributed by atoms with Gasteiger partial charge in [0.2, 0.25) is 0 Å². The number of nitrogens with zero attached hydrogens (tertiary/aromatic N) is 1. The van der Waals surface area contributed by atoms with Gasteiger partial charge in [0.25, 0.3) is 0 Å². The molecule has 2 rings (SSSR count). The van der Waals surface area contributed by atoms with Crippen LogP contribution in [0.4, 0.5) is 4.39 Å². The molecule has 0 unspecified atom stereocenters. The predicted molar refractivity (Wildman–Crippen MR) is 67.6 cm³/mol. The molecule has 0 spiro atoms. The van der Waals surface area contributed by atoms with Crippen LogP contribution >= 0.6 is 0 Å². The third-order valence-electron chi connectivity index (χ3n) is 2.75. The first-order valence-corrected chi connectivity index (χ1v) is 5.39. The Morgan fingerprint density at radius 1 is 1.11 bits per heavy atom. The number of aromatic hydroxyl groups is 1. The van der Waals surface area contributed by atoms with E-state index in [2.05, 4.69) is 5.16 Å². The molecule has 0 saturated heterocycles. The second-order valence-corrected chi connectivity index (χ2v) is 3.98. The number of hydrogen-bond donors (Lipinski definition) is 2. The van der Waals surface area contributed by atoms with Gasteiger partial charge in [-0.05, 0) is 41.3 Å². The van der Waals surface area contributed by atoms with Gasteiger partial charge in [0.15, 0.2) is 11.6 Å². The summed E-state index contributed by atoms with van der Waals surface area (Å²) in [5, 5.41) is 20.6. The van der Waals surface area contributed by atoms with Crippen LogP contribution in [-0.2, 0) is 0 Å². The van der Waals surface area contributed by atoms with E-state index in [-0.39, 0.29) is 5.75 Å². The molecule has 2 aromatic carbocycles. The average molecular weight is 245 g/mol. The summed E-state index contributed by atoms with van der Waals surface area (Å²) in [7, 11) is 0. The summed E-state index contributed by atoms with van der Waals surface area (Å²) in [6, 6.07) is 9.70. The maximum atomic E-state index is 13.3. The number of halogens is 1. The van der Waals surface area contributed by atoms with Crippen LogP contribution in [0.25, 0.3) is 11.1 Å². The average Bonchev–Trinajstić information content (AvgIpc) is 2.35. The van der Waals surface area contributed by atoms with E-state index in [0.29, 0.717) is 5.56 Å². The number of phenols is 1. The van der Waals surface area contributed by atoms with Gasteiger partial charge in [0.1, 0.15) is 0 Å². The summed E-state index contributed by atoms with van der Waals surface area (Å²) in [6.07, 6.45) is 1.34. The number of phenolic OH excluding ortho intramolecular Hbond substituents is 1. The SMILES string of the molecule is Cc1cc(-c2ccc(O)c(F)c2)ccc1/C=N/O. The molecule has 0 aliphatic heterocycles. The largest absolute Gasteiger partial charge is 0.505 e. The van der Waals surface area contributed by atoms with Crippen molar-refractivity contribution in [2.24, 2.45) is 5.16 Å². The highest BCUT2D eigenvalue weighted by Gasteiger charge is 2.05. The molecule has 2 N–H and O–H groups in total. The van der Waals surface area contributed by atoms with Crippen LogP contribution in [0.15, 0.2) is 41.6 Å². The first-order valence-electron chi connectivity index (χ1n) is 5.39. The van der Waals surface area contributed by atoms with Crippen molar-refractivity contribution in [1.82, 2.24) is 0 Å². The van der Waals surface area contributed by atoms with Crippen LogP contribution in [0.5, 0.6) is 5.75 Å². The summed E-state index contributed by atoms with van der Waals surface area (Å²) in [5.74, 6) is -1.01. The van der Waals surface area contributed by atoms with E-state index in [1.54, 1.807) is 18.2 Å². The number of aryl methyl sites for hydroxylation is 1. The molecule has 0 radical (unpaired) electrons. The zero-order valence-corrected chi connectivity index (χ0v) is 9.76. The van der Waals surface area contributed by atoms with Gasteiger partial charge in [-0.1, -0.05) is 29.4 Å². The smallest absolute Gasteiger partial charge is 0.165 e. The van der Waals surface area contributed by atoms with Gasteiger partial charge in [-0.2, -0.15) is 0 Å². The van der Waals surface area contributed by atoms with Crippen molar-refractivity contribution in [2.75, 3.05) is 0 Å². The van der Waals surface area contributed by atoms with Gasteiger partial charge in [0, 0.05) is 0 Å². The van der Waals surface area contributed by atoms with Crippen molar-refractivity contribution < 1.29 is 14.7 Å². The quantitative estimate of drug-likeness (QED) is 0.484. The Labute approximate surface area is 104 Å². The molecule has 3 nitrogen and oxygen atoms in total. The van der Waals surface area contributed by atoms with E-state index in [4.69, 9.17) is 10.3 Å². The highest BCUT2D eigenvalue weighted by molar-refractivity contribution is 5.82. The standard InChI is InChI=1S/C14H12FNO2/c1-9-6-10(2-3-12(9)8-16-18)11-4-5-14(17)13(15)7-11/h2-8,17-18H,1H3/b16-8+. The number of oxime groups is 1. The zero-order valence-electron chi connectivity index (χ0n) is 9.76. The molecule has 0 atom stereocenters. The fraction of sp³-hybridized carbons (Fsp3) is 0.0714. The lowest BCUT2D eigenvalue weighted by atomic mass is 10.00. The van der Waals surface area contributed by atoms with E-state index < -0.39 is 5.82 Å². The topological polar surface area (TPSA) is 52.8 Å². The fourth-order valence-electron chi connectivity index (χ4n) is 1.75. The second kappa shape index (κ2) is 4.87. The molecular formula is C14H12FNO2. The number of benzene rings is 2. The summed E-state index contributed by atoms with van der Waals surface area (Å²) in [6.45, 7) is 1.87. The zero-order chi connectivity index (χ0) is 13.1. The number of hydrogen-bond acceptors (Lipinski definition) is 3. The lowest BCUT2D eigenvalue weighted by Crippen LogP contribution is -1.89. The Kier molecular flexibility index (Phi) is 3.28. The van der Waals surface area contributed by atoms with E-state index in [1.807, 2.05) is 13.0 Å². The van der Waals surface area contributed by atoms with Crippen LogP contribution in [0.1, 0.15) is 11.1 Å². The first-order chi connectivity index (χ1) is 8.61. The molecule has 4 heteroatoms. The van der Waals surface area contributed by atoms with Crippen molar-refractivity contribution in [1.29, 1.82) is 0 Å². The molecule has 0 aromatic heterocycles. The maximum Gasteiger partial charge on any atom is 0.165 e. The third kappa shape index (κ3) is 2.32. The van der Waals surface area contributed by atoms with Gasteiger partial charge in [-0.25, -0.2) is 4.39 Å². The minimum atomic E-state index is -0.647. The van der Waals surface area contributed by atoms with E-state index in [0.717, 1.165) is 16.7 Å². The van der Waals surface area contributed by atoms with Crippen molar-refractivity contribution in [3.05, 3.63) is 53.3 Å². The minimum Gasteiger partial charge on any atom is -0.505 e. The van der Waals surface area contributed by atoms with E-state index in [9.17, 15) is 4.39 Å². The molecule has 0 aliphatic rings. The normalized spacial score (nSPS) is 11.0. The van der Waals surface area contributed by atoms with Crippen LogP contribution in [0.2, 0.25) is 0 Å². The molecule has 18 heavy (non-hydrogen) atoms. The number of rotatable bonds is 2. The van der Waals surface area contributed by atoms with E-state index >= 15 is 0 Å². The Morgan fingerprint density at radius 2 is 1.78 bits per heavy atom. The Bertz CT molecular complexity index is 609. The molecule has 2 aromatic rings. The van der Waals surface area contributed by atoms with Gasteiger partial charge in [-0.15, -0.1) is 0 Å². The fourth-order valence-corrected chi connectivity index (χ4v) is 1.75. The van der Waals surface area contributed by atoms with Crippen molar-refractivity contribution >= 4 is 6.21 Å². The predicted octanol–water partition coefficient (Wildman–Crippen LogP) is 3.31. The summed E-state index contributed by atoms with van der Waals surface area (Å²) in [5.41, 5.74) is 3.22. The molecular weight excluding hydrogens is 233 g/mol. The van der Waals surface area contributed by atoms with Crippen molar-refractivity contribution in [3.8, 4) is 16.9 Å². The van der Waals surface area contributed by atoms with Crippen LogP contribution < -0.4 is 0 Å². The van der Waals surface area contributed by atoms with Crippen LogP contribution in [0.3, 0.4) is 0 Å². The van der Waals surface area contributed by atoms with E-state index in [1.165, 1.54) is 18.3 Å². The molecule has 0 heterocycles. The summed E-state index contributed by atoms with van der Waals surface area (Å²) >= 11 is 0. The second-order valence-electron chi connectivity index (χ2n) is 3.98. The van der Waals surface area contributed by atoms with Gasteiger partial charge in [-0.3, -0.25) is 0 Å². The third-order valence-corrected chi connectivity index (χ3v) is 2.75. The van der Waals surface area contributed by atoms with Crippen LogP contribution in [0, 0.1) is 12.7 Å². The maximum absolute atomic E-state index is 13.3. The Morgan fingerprint density at radius 3 is 2.39 bits per heavy atom. The molecule has 0 aliphatic carbocycles. The molecule has 0 saturated carbocycles. The molecule has 0 amide bonds. The van der Waals surface area contributed by atoms with Gasteiger partial charge >= 0.3 is 0 Å². The van der Waals surface area contributed by atoms with Crippen LogP contribution in [-0.4, -0.2) is 16.5 Å². The lowest BCUT2D eigenvalue weighted by Gasteiger charge is -2.06. The van der Waals surface area contributed by atoms with Crippen molar-refractivity contribution in [3.63, 3.8) is 0 Å². The highest BCUT2D eigenvalue weighted by atomic mass is 19.1. The van der Waals surface area contributed by atoms with Gasteiger partial charge in [0.05, 0.1) is 6.21 Å². The molecule has 0 bridgehead atoms. The Hall–Kier alpha value is -2.36. The highest BCUT2D eigenvalue weighted by Crippen LogP contribution is 2.26. The lowest BCUT2D eigenvalue weighted by molar-refractivity contribution is 0.322. The monoisotopic (exact) mass is 245 g/mol. The Balaban J connectivity index is 2.45. The van der Waals surface area contributed by atoms with Gasteiger partial charge < -0.3 is 10.3 Å². The molecule has 92 valence electrons. The molecule has 0 fully saturated rings.